The molecule has 6 nitrogen and oxygen atoms in total. The number of halogens is 1. The van der Waals surface area contributed by atoms with E-state index in [1.807, 2.05) is 54.6 Å². The average Bonchev–Trinajstić information content (AvgIpc) is 2.94. The van der Waals surface area contributed by atoms with E-state index in [1.165, 1.54) is 4.90 Å². The van der Waals surface area contributed by atoms with Crippen LogP contribution in [0.3, 0.4) is 0 Å². The summed E-state index contributed by atoms with van der Waals surface area (Å²) in [6.07, 6.45) is -0.276. The fourth-order valence-electron chi connectivity index (χ4n) is 3.96. The highest BCUT2D eigenvalue weighted by molar-refractivity contribution is 14.1. The number of fused-ring (bicyclic) bond motifs is 3. The van der Waals surface area contributed by atoms with Gasteiger partial charge in [0.15, 0.2) is 0 Å². The maximum atomic E-state index is 13.1. The van der Waals surface area contributed by atoms with Crippen LogP contribution in [0, 0.1) is 3.57 Å². The van der Waals surface area contributed by atoms with Gasteiger partial charge >= 0.3 is 0 Å². The molecule has 0 radical (unpaired) electrons. The molecule has 0 bridgehead atoms. The van der Waals surface area contributed by atoms with Gasteiger partial charge in [-0.3, -0.25) is 19.3 Å². The van der Waals surface area contributed by atoms with Crippen LogP contribution in [0.5, 0.6) is 0 Å². The molecule has 1 heterocycles. The topological polar surface area (TPSA) is 78.5 Å². The highest BCUT2D eigenvalue weighted by Gasteiger charge is 2.29. The molecule has 7 heteroatoms. The van der Waals surface area contributed by atoms with Crippen molar-refractivity contribution in [1.29, 1.82) is 0 Å². The zero-order chi connectivity index (χ0) is 22.9. The number of rotatable bonds is 3. The molecule has 3 amide bonds. The summed E-state index contributed by atoms with van der Waals surface area (Å²) in [5, 5.41) is 7.62. The normalized spacial score (nSPS) is 13.3. The Labute approximate surface area is 203 Å². The first kappa shape index (κ1) is 21.1. The average molecular weight is 547 g/mol. The van der Waals surface area contributed by atoms with Crippen molar-refractivity contribution in [2.75, 3.05) is 15.5 Å². The van der Waals surface area contributed by atoms with Gasteiger partial charge in [0.2, 0.25) is 11.8 Å². The second-order valence-corrected chi connectivity index (χ2v) is 8.78. The number of hydrogen-bond acceptors (Lipinski definition) is 3. The van der Waals surface area contributed by atoms with Crippen LogP contribution in [0.25, 0.3) is 10.8 Å². The van der Waals surface area contributed by atoms with Crippen LogP contribution in [0.1, 0.15) is 16.8 Å². The van der Waals surface area contributed by atoms with Gasteiger partial charge in [0.05, 0.1) is 22.6 Å². The predicted molar refractivity (Wildman–Crippen MR) is 138 cm³/mol. The smallest absolute Gasteiger partial charge is 0.256 e. The lowest BCUT2D eigenvalue weighted by Crippen LogP contribution is -2.26. The van der Waals surface area contributed by atoms with E-state index >= 15 is 0 Å². The zero-order valence-electron chi connectivity index (χ0n) is 17.3. The third-order valence-corrected chi connectivity index (χ3v) is 6.39. The molecule has 1 aliphatic heterocycles. The van der Waals surface area contributed by atoms with Crippen LogP contribution >= 0.6 is 22.6 Å². The Kier molecular flexibility index (Phi) is 5.55. The van der Waals surface area contributed by atoms with E-state index in [0.29, 0.717) is 28.3 Å². The summed E-state index contributed by atoms with van der Waals surface area (Å²) in [7, 11) is 0. The van der Waals surface area contributed by atoms with Crippen molar-refractivity contribution >= 4 is 73.8 Å². The van der Waals surface area contributed by atoms with Gasteiger partial charge in [0.1, 0.15) is 6.42 Å². The van der Waals surface area contributed by atoms with E-state index in [4.69, 9.17) is 0 Å². The molecular formula is C26H18IN3O3. The van der Waals surface area contributed by atoms with Gasteiger partial charge in [-0.1, -0.05) is 48.5 Å². The molecule has 1 aliphatic rings. The molecular weight excluding hydrogens is 529 g/mol. The molecule has 0 aliphatic carbocycles. The Morgan fingerprint density at radius 1 is 0.909 bits per heavy atom. The molecule has 0 fully saturated rings. The van der Waals surface area contributed by atoms with Crippen molar-refractivity contribution in [2.45, 2.75) is 6.42 Å². The van der Waals surface area contributed by atoms with E-state index in [9.17, 15) is 14.4 Å². The minimum Gasteiger partial charge on any atom is -0.323 e. The summed E-state index contributed by atoms with van der Waals surface area (Å²) in [5.74, 6) is -0.937. The van der Waals surface area contributed by atoms with Crippen LogP contribution in [0.15, 0.2) is 84.9 Å². The molecule has 0 spiro atoms. The van der Waals surface area contributed by atoms with Crippen molar-refractivity contribution in [3.8, 4) is 0 Å². The fourth-order valence-corrected chi connectivity index (χ4v) is 4.59. The number of carbonyl (C=O) groups is 3. The van der Waals surface area contributed by atoms with Crippen molar-refractivity contribution in [3.05, 3.63) is 94.1 Å². The monoisotopic (exact) mass is 547 g/mol. The minimum atomic E-state index is -0.358. The van der Waals surface area contributed by atoms with E-state index in [0.717, 1.165) is 14.3 Å². The molecule has 4 aromatic carbocycles. The first-order chi connectivity index (χ1) is 16.0. The first-order valence-electron chi connectivity index (χ1n) is 10.3. The number of hydrogen-bond donors (Lipinski definition) is 2. The standard InChI is InChI=1S/C26H18IN3O3/c27-21-11-4-3-10-20(21)26(33)28-17-7-5-8-18(14-17)30-22-13-12-16-6-1-2-9-19(16)25(22)29-23(31)15-24(30)32/h1-14H,15H2,(H,28,33)(H,29,31). The lowest BCUT2D eigenvalue weighted by Gasteiger charge is -2.24. The van der Waals surface area contributed by atoms with Crippen LogP contribution < -0.4 is 15.5 Å². The van der Waals surface area contributed by atoms with E-state index < -0.39 is 0 Å². The molecule has 0 unspecified atom stereocenters. The lowest BCUT2D eigenvalue weighted by molar-refractivity contribution is -0.124. The van der Waals surface area contributed by atoms with Crippen molar-refractivity contribution in [1.82, 2.24) is 0 Å². The third kappa shape index (κ3) is 4.07. The lowest BCUT2D eigenvalue weighted by atomic mass is 10.1. The van der Waals surface area contributed by atoms with Crippen molar-refractivity contribution in [3.63, 3.8) is 0 Å². The number of benzene rings is 4. The number of nitrogens with one attached hydrogen (secondary N) is 2. The SMILES string of the molecule is O=C1CC(=O)N(c2cccc(NC(=O)c3ccccc3I)c2)c2ccc3ccccc3c2N1. The van der Waals surface area contributed by atoms with Gasteiger partial charge in [-0.15, -0.1) is 0 Å². The summed E-state index contributed by atoms with van der Waals surface area (Å²) in [6.45, 7) is 0. The fraction of sp³-hybridized carbons (Fsp3) is 0.0385. The number of carbonyl (C=O) groups excluding carboxylic acids is 3. The van der Waals surface area contributed by atoms with E-state index in [1.54, 1.807) is 30.3 Å². The predicted octanol–water partition coefficient (Wildman–Crippen LogP) is 5.70. The van der Waals surface area contributed by atoms with Crippen molar-refractivity contribution < 1.29 is 14.4 Å². The minimum absolute atomic E-state index is 0.234. The largest absolute Gasteiger partial charge is 0.323 e. The molecule has 0 saturated carbocycles. The van der Waals surface area contributed by atoms with Gasteiger partial charge in [-0.25, -0.2) is 0 Å². The summed E-state index contributed by atoms with van der Waals surface area (Å²) in [4.78, 5) is 39.9. The van der Waals surface area contributed by atoms with Crippen LogP contribution in [-0.2, 0) is 9.59 Å². The van der Waals surface area contributed by atoms with Gasteiger partial charge in [0.25, 0.3) is 5.91 Å². The molecule has 0 saturated heterocycles. The molecule has 5 rings (SSSR count). The van der Waals surface area contributed by atoms with Gasteiger partial charge < -0.3 is 10.6 Å². The van der Waals surface area contributed by atoms with Gasteiger partial charge in [-0.05, 0) is 64.4 Å². The molecule has 0 aromatic heterocycles. The van der Waals surface area contributed by atoms with Crippen LogP contribution in [-0.4, -0.2) is 17.7 Å². The molecule has 33 heavy (non-hydrogen) atoms. The van der Waals surface area contributed by atoms with Crippen LogP contribution in [0.2, 0.25) is 0 Å². The highest BCUT2D eigenvalue weighted by atomic mass is 127. The maximum absolute atomic E-state index is 13.1. The highest BCUT2D eigenvalue weighted by Crippen LogP contribution is 2.40. The summed E-state index contributed by atoms with van der Waals surface area (Å²) >= 11 is 2.12. The Bertz CT molecular complexity index is 1430. The Morgan fingerprint density at radius 2 is 1.70 bits per heavy atom. The second kappa shape index (κ2) is 8.67. The quantitative estimate of drug-likeness (QED) is 0.255. The Balaban J connectivity index is 1.56. The summed E-state index contributed by atoms with van der Waals surface area (Å²) in [6, 6.07) is 25.8. The maximum Gasteiger partial charge on any atom is 0.256 e. The Hall–Kier alpha value is -3.72. The van der Waals surface area contributed by atoms with Crippen LogP contribution in [0.4, 0.5) is 22.7 Å². The van der Waals surface area contributed by atoms with Crippen molar-refractivity contribution in [2.24, 2.45) is 0 Å². The second-order valence-electron chi connectivity index (χ2n) is 7.62. The molecule has 162 valence electrons. The summed E-state index contributed by atoms with van der Waals surface area (Å²) in [5.41, 5.74) is 2.87. The molecule has 2 N–H and O–H groups in total. The Morgan fingerprint density at radius 3 is 2.55 bits per heavy atom. The third-order valence-electron chi connectivity index (χ3n) is 5.45. The van der Waals surface area contributed by atoms with Gasteiger partial charge in [-0.2, -0.15) is 0 Å². The summed E-state index contributed by atoms with van der Waals surface area (Å²) < 4.78 is 0.844. The number of amides is 3. The number of nitrogens with zero attached hydrogens (tertiary/aromatic N) is 1. The first-order valence-corrected chi connectivity index (χ1v) is 11.4. The number of anilines is 4. The van der Waals surface area contributed by atoms with E-state index in [-0.39, 0.29) is 24.1 Å². The van der Waals surface area contributed by atoms with Gasteiger partial charge in [0, 0.05) is 14.6 Å². The zero-order valence-corrected chi connectivity index (χ0v) is 19.5. The van der Waals surface area contributed by atoms with E-state index in [2.05, 4.69) is 33.2 Å². The molecule has 0 atom stereocenters. The molecule has 4 aromatic rings.